The molecule has 2 heterocycles. The zero-order chi connectivity index (χ0) is 30.1. The van der Waals surface area contributed by atoms with Crippen LogP contribution in [0.1, 0.15) is 33.4 Å². The molecule has 0 saturated heterocycles. The maximum absolute atomic E-state index is 14.3. The Morgan fingerprint density at radius 1 is 0.705 bits per heavy atom. The number of rotatable bonds is 7. The molecule has 0 fully saturated rings. The lowest BCUT2D eigenvalue weighted by atomic mass is 9.87. The summed E-state index contributed by atoms with van der Waals surface area (Å²) in [5.41, 5.74) is 6.22. The molecule has 8 heteroatoms. The first-order chi connectivity index (χ1) is 21.5. The summed E-state index contributed by atoms with van der Waals surface area (Å²) in [4.78, 5) is 4.98. The number of aryl methyl sites for hydroxylation is 1. The van der Waals surface area contributed by atoms with Gasteiger partial charge in [-0.1, -0.05) is 120 Å². The minimum atomic E-state index is -4.70. The van der Waals surface area contributed by atoms with E-state index >= 15 is 0 Å². The molecule has 0 bridgehead atoms. The predicted octanol–water partition coefficient (Wildman–Crippen LogP) is 8.86. The van der Waals surface area contributed by atoms with E-state index in [1.54, 1.807) is 30.3 Å². The summed E-state index contributed by atoms with van der Waals surface area (Å²) in [5, 5.41) is 8.05. The van der Waals surface area contributed by atoms with Crippen LogP contribution < -0.4 is 0 Å². The van der Waals surface area contributed by atoms with Crippen LogP contribution in [0, 0.1) is 0 Å². The van der Waals surface area contributed by atoms with Crippen LogP contribution in [0.25, 0.3) is 34.0 Å². The number of hydrogen-bond donors (Lipinski definition) is 0. The fraction of sp³-hybridized carbons (Fsp3) is 0.139. The van der Waals surface area contributed by atoms with Gasteiger partial charge in [0.15, 0.2) is 17.2 Å². The maximum Gasteiger partial charge on any atom is 0.422 e. The highest BCUT2D eigenvalue weighted by atomic mass is 19.4. The van der Waals surface area contributed by atoms with E-state index in [0.717, 1.165) is 39.9 Å². The third-order valence-corrected chi connectivity index (χ3v) is 7.85. The second-order valence-corrected chi connectivity index (χ2v) is 10.6. The van der Waals surface area contributed by atoms with E-state index in [1.807, 2.05) is 48.5 Å². The van der Waals surface area contributed by atoms with E-state index in [1.165, 1.54) is 0 Å². The molecule has 0 amide bonds. The first-order valence-electron chi connectivity index (χ1n) is 14.4. The Bertz CT molecular complexity index is 1900. The summed E-state index contributed by atoms with van der Waals surface area (Å²) in [7, 11) is 0. The van der Waals surface area contributed by atoms with Crippen molar-refractivity contribution in [2.24, 2.45) is 4.99 Å². The molecule has 0 radical (unpaired) electrons. The molecular weight excluding hydrogens is 563 g/mol. The maximum atomic E-state index is 14.3. The zero-order valence-electron chi connectivity index (χ0n) is 23.5. The monoisotopic (exact) mass is 589 g/mol. The van der Waals surface area contributed by atoms with E-state index in [4.69, 9.17) is 14.0 Å². The molecule has 7 rings (SSSR count). The number of benzene rings is 4. The van der Waals surface area contributed by atoms with Gasteiger partial charge >= 0.3 is 6.18 Å². The third-order valence-electron chi connectivity index (χ3n) is 7.85. The lowest BCUT2D eigenvalue weighted by Gasteiger charge is -2.16. The van der Waals surface area contributed by atoms with Crippen molar-refractivity contribution in [2.45, 2.75) is 25.4 Å². The molecule has 0 unspecified atom stereocenters. The molecule has 2 aromatic heterocycles. The second kappa shape index (κ2) is 11.4. The van der Waals surface area contributed by atoms with Gasteiger partial charge in [-0.3, -0.25) is 4.99 Å². The van der Waals surface area contributed by atoms with Crippen LogP contribution >= 0.6 is 0 Å². The zero-order valence-corrected chi connectivity index (χ0v) is 23.5. The van der Waals surface area contributed by atoms with Crippen molar-refractivity contribution in [3.05, 3.63) is 143 Å². The van der Waals surface area contributed by atoms with Gasteiger partial charge < -0.3 is 9.05 Å². The number of hydrogen-bond acceptors (Lipinski definition) is 5. The Hall–Kier alpha value is -5.24. The number of aromatic nitrogens is 2. The van der Waals surface area contributed by atoms with Crippen LogP contribution in [-0.4, -0.2) is 22.6 Å². The van der Waals surface area contributed by atoms with Crippen LogP contribution in [0.4, 0.5) is 13.2 Å². The lowest BCUT2D eigenvalue weighted by Crippen LogP contribution is -2.09. The van der Waals surface area contributed by atoms with Gasteiger partial charge in [-0.25, -0.2) is 0 Å². The van der Waals surface area contributed by atoms with Crippen molar-refractivity contribution in [2.75, 3.05) is 6.54 Å². The largest absolute Gasteiger partial charge is 0.422 e. The van der Waals surface area contributed by atoms with Crippen molar-refractivity contribution in [1.82, 2.24) is 10.3 Å². The molecule has 4 aromatic carbocycles. The van der Waals surface area contributed by atoms with E-state index in [2.05, 4.69) is 40.6 Å². The van der Waals surface area contributed by atoms with Crippen molar-refractivity contribution >= 4 is 5.71 Å². The minimum absolute atomic E-state index is 0.00308. The average molecular weight is 590 g/mol. The summed E-state index contributed by atoms with van der Waals surface area (Å²) < 4.78 is 53.7. The number of fused-ring (bicyclic) bond motifs is 3. The number of aliphatic imine (C=N–C) groups is 1. The van der Waals surface area contributed by atoms with Crippen molar-refractivity contribution in [3.63, 3.8) is 0 Å². The van der Waals surface area contributed by atoms with Gasteiger partial charge in [-0.05, 0) is 30.4 Å². The van der Waals surface area contributed by atoms with Crippen LogP contribution in [0.5, 0.6) is 0 Å². The standard InChI is InChI=1S/C36H26F3N3O2/c37-36(38,39)30-33(42-43-34(30)26-14-8-3-9-15-26)35-29-19-17-27-22-23(16-18-28(27)32(29)41-44-35)20-21-40-31(24-10-4-1-5-11-24)25-12-6-2-7-13-25/h1-16,18,22H,17,19-21H2. The van der Waals surface area contributed by atoms with E-state index < -0.39 is 11.7 Å². The molecule has 6 aromatic rings. The van der Waals surface area contributed by atoms with E-state index in [9.17, 15) is 13.2 Å². The summed E-state index contributed by atoms with van der Waals surface area (Å²) in [6.07, 6.45) is -2.86. The highest BCUT2D eigenvalue weighted by Crippen LogP contribution is 2.46. The Labute approximate surface area is 251 Å². The van der Waals surface area contributed by atoms with Crippen LogP contribution in [0.15, 0.2) is 123 Å². The lowest BCUT2D eigenvalue weighted by molar-refractivity contribution is -0.136. The quantitative estimate of drug-likeness (QED) is 0.175. The van der Waals surface area contributed by atoms with E-state index in [0.29, 0.717) is 30.6 Å². The van der Waals surface area contributed by atoms with Crippen LogP contribution in [0.3, 0.4) is 0 Å². The minimum Gasteiger partial charge on any atom is -0.355 e. The Kier molecular flexibility index (Phi) is 7.18. The molecule has 218 valence electrons. The molecular formula is C36H26F3N3O2. The predicted molar refractivity (Wildman–Crippen MR) is 162 cm³/mol. The molecule has 44 heavy (non-hydrogen) atoms. The van der Waals surface area contributed by atoms with Crippen LogP contribution in [0.2, 0.25) is 0 Å². The van der Waals surface area contributed by atoms with Crippen LogP contribution in [-0.2, 0) is 25.4 Å². The first-order valence-corrected chi connectivity index (χ1v) is 14.4. The SMILES string of the molecule is FC(F)(F)c1c(-c2onc3c2CCc2cc(CCN=C(c4ccccc4)c4ccccc4)ccc2-3)noc1-c1ccccc1. The molecule has 5 nitrogen and oxygen atoms in total. The van der Waals surface area contributed by atoms with Gasteiger partial charge in [0.1, 0.15) is 11.3 Å². The van der Waals surface area contributed by atoms with Gasteiger partial charge in [0.05, 0.1) is 5.71 Å². The summed E-state index contributed by atoms with van der Waals surface area (Å²) >= 11 is 0. The van der Waals surface area contributed by atoms with Gasteiger partial charge in [0.25, 0.3) is 0 Å². The molecule has 0 atom stereocenters. The fourth-order valence-corrected chi connectivity index (χ4v) is 5.77. The molecule has 0 saturated carbocycles. The molecule has 0 spiro atoms. The summed E-state index contributed by atoms with van der Waals surface area (Å²) in [5.74, 6) is -0.346. The smallest absolute Gasteiger partial charge is 0.355 e. The Balaban J connectivity index is 1.16. The van der Waals surface area contributed by atoms with Gasteiger partial charge in [0, 0.05) is 34.4 Å². The van der Waals surface area contributed by atoms with E-state index in [-0.39, 0.29) is 22.8 Å². The normalized spacial score (nSPS) is 12.4. The number of halogens is 3. The highest BCUT2D eigenvalue weighted by molar-refractivity contribution is 6.12. The second-order valence-electron chi connectivity index (χ2n) is 10.6. The number of alkyl halides is 3. The van der Waals surface area contributed by atoms with Crippen molar-refractivity contribution in [1.29, 1.82) is 0 Å². The Morgan fingerprint density at radius 3 is 1.98 bits per heavy atom. The summed E-state index contributed by atoms with van der Waals surface area (Å²) in [6, 6.07) is 34.5. The fourth-order valence-electron chi connectivity index (χ4n) is 5.77. The third kappa shape index (κ3) is 5.24. The van der Waals surface area contributed by atoms with Gasteiger partial charge in [-0.15, -0.1) is 0 Å². The number of nitrogens with zero attached hydrogens (tertiary/aromatic N) is 3. The van der Waals surface area contributed by atoms with Gasteiger partial charge in [0.2, 0.25) is 0 Å². The van der Waals surface area contributed by atoms with Crippen molar-refractivity contribution < 1.29 is 22.2 Å². The Morgan fingerprint density at radius 2 is 1.32 bits per heavy atom. The first kappa shape index (κ1) is 27.6. The molecule has 0 N–H and O–H groups in total. The molecule has 0 aliphatic heterocycles. The molecule has 1 aliphatic rings. The summed E-state index contributed by atoms with van der Waals surface area (Å²) in [6.45, 7) is 0.605. The average Bonchev–Trinajstić information content (AvgIpc) is 3.69. The topological polar surface area (TPSA) is 64.4 Å². The molecule has 1 aliphatic carbocycles. The van der Waals surface area contributed by atoms with Gasteiger partial charge in [-0.2, -0.15) is 13.2 Å². The van der Waals surface area contributed by atoms with Crippen molar-refractivity contribution in [3.8, 4) is 34.0 Å². The highest BCUT2D eigenvalue weighted by Gasteiger charge is 2.43.